The van der Waals surface area contributed by atoms with Crippen molar-refractivity contribution in [3.8, 4) is 11.5 Å². The molecule has 0 fully saturated rings. The maximum Gasteiger partial charge on any atom is 0.321 e. The molecule has 1 aliphatic rings. The van der Waals surface area contributed by atoms with E-state index in [1.54, 1.807) is 11.8 Å². The van der Waals surface area contributed by atoms with Crippen LogP contribution in [0.1, 0.15) is 38.3 Å². The number of esters is 1. The van der Waals surface area contributed by atoms with Crippen LogP contribution in [-0.2, 0) is 14.3 Å². The van der Waals surface area contributed by atoms with Crippen LogP contribution < -0.4 is 9.64 Å². The summed E-state index contributed by atoms with van der Waals surface area (Å²) in [5.41, 5.74) is 2.40. The Morgan fingerprint density at radius 3 is 2.47 bits per heavy atom. The first-order valence-corrected chi connectivity index (χ1v) is 12.4. The highest BCUT2D eigenvalue weighted by Gasteiger charge is 2.47. The van der Waals surface area contributed by atoms with Crippen LogP contribution >= 0.6 is 0 Å². The number of imidazole rings is 1. The highest BCUT2D eigenvalue weighted by Crippen LogP contribution is 2.42. The molecule has 1 amide bonds. The lowest BCUT2D eigenvalue weighted by Gasteiger charge is -2.38. The van der Waals surface area contributed by atoms with Crippen molar-refractivity contribution in [1.82, 2.24) is 9.55 Å². The number of hydrogen-bond donors (Lipinski definition) is 0. The number of unbranched alkanes of at least 4 members (excludes halogenated alkanes) is 1. The summed E-state index contributed by atoms with van der Waals surface area (Å²) in [6, 6.07) is 24.2. The monoisotopic (exact) mass is 483 g/mol. The van der Waals surface area contributed by atoms with Gasteiger partial charge in [0.25, 0.3) is 0 Å². The standard InChI is InChI=1S/C29H29N3O4/c1-3-5-18-31-27(33)25(28(34)35-4-2)26(32-24-17-10-9-16-23(24)30-29(31)32)20-12-11-15-22(19-20)36-21-13-7-6-8-14-21/h6-17,19,25-26H,3-5,18H2,1-2H3. The predicted octanol–water partition coefficient (Wildman–Crippen LogP) is 5.74. The Labute approximate surface area is 210 Å². The minimum absolute atomic E-state index is 0.193. The molecule has 7 heteroatoms. The molecule has 184 valence electrons. The van der Waals surface area contributed by atoms with Gasteiger partial charge in [-0.3, -0.25) is 14.5 Å². The summed E-state index contributed by atoms with van der Waals surface area (Å²) in [6.07, 6.45) is 1.71. The number of para-hydroxylation sites is 3. The topological polar surface area (TPSA) is 73.7 Å². The molecule has 0 saturated heterocycles. The number of nitrogens with zero attached hydrogens (tertiary/aromatic N) is 3. The fraction of sp³-hybridized carbons (Fsp3) is 0.276. The maximum absolute atomic E-state index is 13.9. The average molecular weight is 484 g/mol. The molecule has 2 unspecified atom stereocenters. The van der Waals surface area contributed by atoms with Crippen molar-refractivity contribution in [2.45, 2.75) is 32.7 Å². The van der Waals surface area contributed by atoms with E-state index in [0.717, 1.165) is 29.4 Å². The van der Waals surface area contributed by atoms with Gasteiger partial charge in [0.15, 0.2) is 5.92 Å². The minimum Gasteiger partial charge on any atom is -0.465 e. The van der Waals surface area contributed by atoms with Gasteiger partial charge in [-0.05, 0) is 55.3 Å². The Hall–Kier alpha value is -4.13. The lowest BCUT2D eigenvalue weighted by molar-refractivity contribution is -0.153. The van der Waals surface area contributed by atoms with Crippen LogP contribution in [0.3, 0.4) is 0 Å². The molecule has 36 heavy (non-hydrogen) atoms. The second-order valence-corrected chi connectivity index (χ2v) is 8.78. The highest BCUT2D eigenvalue weighted by molar-refractivity contribution is 6.08. The molecule has 0 bridgehead atoms. The number of benzene rings is 3. The van der Waals surface area contributed by atoms with Crippen molar-refractivity contribution in [2.24, 2.45) is 5.92 Å². The van der Waals surface area contributed by atoms with Gasteiger partial charge in [0, 0.05) is 6.54 Å². The molecule has 4 aromatic rings. The number of amides is 1. The van der Waals surface area contributed by atoms with Gasteiger partial charge < -0.3 is 14.0 Å². The molecule has 7 nitrogen and oxygen atoms in total. The molecule has 0 spiro atoms. The first-order chi connectivity index (χ1) is 17.6. The van der Waals surface area contributed by atoms with Crippen molar-refractivity contribution in [3.05, 3.63) is 84.4 Å². The van der Waals surface area contributed by atoms with E-state index in [0.29, 0.717) is 24.0 Å². The first kappa shape index (κ1) is 23.6. The van der Waals surface area contributed by atoms with Crippen molar-refractivity contribution in [2.75, 3.05) is 18.1 Å². The molecular formula is C29H29N3O4. The van der Waals surface area contributed by atoms with Crippen LogP contribution in [0.2, 0.25) is 0 Å². The van der Waals surface area contributed by atoms with Crippen LogP contribution in [0.5, 0.6) is 11.5 Å². The number of ether oxygens (including phenoxy) is 2. The van der Waals surface area contributed by atoms with Crippen molar-refractivity contribution < 1.29 is 19.1 Å². The number of carbonyl (C=O) groups is 2. The smallest absolute Gasteiger partial charge is 0.321 e. The van der Waals surface area contributed by atoms with Gasteiger partial charge in [0.1, 0.15) is 11.5 Å². The fourth-order valence-corrected chi connectivity index (χ4v) is 4.76. The second kappa shape index (κ2) is 10.2. The molecule has 2 atom stereocenters. The minimum atomic E-state index is -1.04. The number of anilines is 1. The number of fused-ring (bicyclic) bond motifs is 3. The molecule has 2 heterocycles. The van der Waals surface area contributed by atoms with Gasteiger partial charge in [-0.15, -0.1) is 0 Å². The lowest BCUT2D eigenvalue weighted by Crippen LogP contribution is -2.50. The Bertz CT molecular complexity index is 1380. The Morgan fingerprint density at radius 2 is 1.69 bits per heavy atom. The fourth-order valence-electron chi connectivity index (χ4n) is 4.76. The van der Waals surface area contributed by atoms with E-state index >= 15 is 0 Å². The van der Waals surface area contributed by atoms with Crippen LogP contribution in [0.4, 0.5) is 5.95 Å². The third kappa shape index (κ3) is 4.33. The van der Waals surface area contributed by atoms with E-state index < -0.39 is 17.9 Å². The zero-order valence-electron chi connectivity index (χ0n) is 20.5. The van der Waals surface area contributed by atoms with E-state index in [1.807, 2.05) is 83.4 Å². The van der Waals surface area contributed by atoms with Gasteiger partial charge in [-0.1, -0.05) is 55.8 Å². The number of rotatable bonds is 8. The molecule has 0 saturated carbocycles. The third-order valence-electron chi connectivity index (χ3n) is 6.40. The summed E-state index contributed by atoms with van der Waals surface area (Å²) in [5.74, 6) is 0.00771. The van der Waals surface area contributed by atoms with Gasteiger partial charge >= 0.3 is 5.97 Å². The molecular weight excluding hydrogens is 454 g/mol. The summed E-state index contributed by atoms with van der Waals surface area (Å²) in [7, 11) is 0. The van der Waals surface area contributed by atoms with Crippen LogP contribution in [0, 0.1) is 5.92 Å². The molecule has 0 radical (unpaired) electrons. The van der Waals surface area contributed by atoms with Gasteiger partial charge in [0.2, 0.25) is 11.9 Å². The quantitative estimate of drug-likeness (QED) is 0.236. The Morgan fingerprint density at radius 1 is 0.944 bits per heavy atom. The van der Waals surface area contributed by atoms with Crippen molar-refractivity contribution in [3.63, 3.8) is 0 Å². The zero-order chi connectivity index (χ0) is 25.1. The van der Waals surface area contributed by atoms with Gasteiger partial charge in [-0.25, -0.2) is 4.98 Å². The van der Waals surface area contributed by atoms with Gasteiger partial charge in [0.05, 0.1) is 23.7 Å². The van der Waals surface area contributed by atoms with Crippen LogP contribution in [0.15, 0.2) is 78.9 Å². The summed E-state index contributed by atoms with van der Waals surface area (Å²) in [6.45, 7) is 4.50. The van der Waals surface area contributed by atoms with Crippen LogP contribution in [0.25, 0.3) is 11.0 Å². The molecule has 3 aromatic carbocycles. The van der Waals surface area contributed by atoms with E-state index in [2.05, 4.69) is 6.92 Å². The van der Waals surface area contributed by atoms with E-state index in [1.165, 1.54) is 0 Å². The van der Waals surface area contributed by atoms with Crippen molar-refractivity contribution in [1.29, 1.82) is 0 Å². The van der Waals surface area contributed by atoms with E-state index in [-0.39, 0.29) is 12.5 Å². The third-order valence-corrected chi connectivity index (χ3v) is 6.40. The maximum atomic E-state index is 13.9. The lowest BCUT2D eigenvalue weighted by atomic mass is 9.89. The SMILES string of the molecule is CCCCN1C(=O)C(C(=O)OCC)C(c2cccc(Oc3ccccc3)c2)n2c1nc1ccccc12. The average Bonchev–Trinajstić information content (AvgIpc) is 3.27. The van der Waals surface area contributed by atoms with Crippen molar-refractivity contribution >= 4 is 28.9 Å². The number of hydrogen-bond acceptors (Lipinski definition) is 5. The summed E-state index contributed by atoms with van der Waals surface area (Å²) in [4.78, 5) is 33.7. The van der Waals surface area contributed by atoms with E-state index in [9.17, 15) is 9.59 Å². The summed E-state index contributed by atoms with van der Waals surface area (Å²) >= 11 is 0. The van der Waals surface area contributed by atoms with E-state index in [4.69, 9.17) is 14.5 Å². The van der Waals surface area contributed by atoms with Crippen LogP contribution in [-0.4, -0.2) is 34.6 Å². The molecule has 1 aliphatic heterocycles. The molecule has 0 aliphatic carbocycles. The number of aromatic nitrogens is 2. The summed E-state index contributed by atoms with van der Waals surface area (Å²) < 4.78 is 13.5. The Kier molecular flexibility index (Phi) is 6.71. The Balaban J connectivity index is 1.68. The van der Waals surface area contributed by atoms with Gasteiger partial charge in [-0.2, -0.15) is 0 Å². The molecule has 5 rings (SSSR count). The first-order valence-electron chi connectivity index (χ1n) is 12.4. The second-order valence-electron chi connectivity index (χ2n) is 8.78. The normalized spacial score (nSPS) is 17.2. The largest absolute Gasteiger partial charge is 0.465 e. The highest BCUT2D eigenvalue weighted by atomic mass is 16.5. The predicted molar refractivity (Wildman–Crippen MR) is 138 cm³/mol. The summed E-state index contributed by atoms with van der Waals surface area (Å²) in [5, 5.41) is 0. The molecule has 1 aromatic heterocycles. The molecule has 0 N–H and O–H groups in total. The number of carbonyl (C=O) groups excluding carboxylic acids is 2. The zero-order valence-corrected chi connectivity index (χ0v) is 20.5.